The van der Waals surface area contributed by atoms with Gasteiger partial charge in [-0.05, 0) is 31.2 Å². The molecule has 0 bridgehead atoms. The number of sulfonamides is 1. The second-order valence-electron chi connectivity index (χ2n) is 7.06. The van der Waals surface area contributed by atoms with Gasteiger partial charge in [0.25, 0.3) is 10.0 Å². The van der Waals surface area contributed by atoms with Crippen molar-refractivity contribution in [2.45, 2.75) is 17.9 Å². The van der Waals surface area contributed by atoms with E-state index in [1.54, 1.807) is 42.2 Å². The summed E-state index contributed by atoms with van der Waals surface area (Å²) in [7, 11) is -3.63. The van der Waals surface area contributed by atoms with Crippen LogP contribution in [-0.2, 0) is 14.8 Å². The van der Waals surface area contributed by atoms with Crippen LogP contribution in [0.4, 0.5) is 5.69 Å². The first kappa shape index (κ1) is 19.3. The molecule has 0 unspecified atom stereocenters. The number of hydrogen-bond donors (Lipinski definition) is 2. The van der Waals surface area contributed by atoms with E-state index >= 15 is 0 Å². The zero-order valence-corrected chi connectivity index (χ0v) is 16.8. The Balaban J connectivity index is 1.45. The number of piperazine rings is 1. The number of aliphatic imine (C=N–C) groups is 1. The number of hydrogen-bond acceptors (Lipinski definition) is 6. The number of amidine groups is 1. The van der Waals surface area contributed by atoms with Gasteiger partial charge in [-0.2, -0.15) is 0 Å². The second-order valence-corrected chi connectivity index (χ2v) is 8.71. The summed E-state index contributed by atoms with van der Waals surface area (Å²) >= 11 is 0. The van der Waals surface area contributed by atoms with Gasteiger partial charge in [0, 0.05) is 31.7 Å². The van der Waals surface area contributed by atoms with Crippen molar-refractivity contribution in [3.8, 4) is 5.75 Å². The molecule has 152 valence electrons. The van der Waals surface area contributed by atoms with E-state index in [2.05, 4.69) is 9.71 Å². The lowest BCUT2D eigenvalue weighted by Crippen LogP contribution is -2.51. The normalized spacial score (nSPS) is 20.2. The minimum Gasteiger partial charge on any atom is -0.506 e. The molecule has 0 aliphatic carbocycles. The highest BCUT2D eigenvalue weighted by molar-refractivity contribution is 7.90. The van der Waals surface area contributed by atoms with Crippen molar-refractivity contribution in [3.63, 3.8) is 0 Å². The number of aromatic hydroxyl groups is 1. The average molecular weight is 414 g/mol. The van der Waals surface area contributed by atoms with Crippen LogP contribution in [0.3, 0.4) is 0 Å². The van der Waals surface area contributed by atoms with Gasteiger partial charge >= 0.3 is 0 Å². The largest absolute Gasteiger partial charge is 0.506 e. The van der Waals surface area contributed by atoms with E-state index in [0.29, 0.717) is 31.7 Å². The molecule has 1 amide bonds. The number of carbonyl (C=O) groups is 1. The first-order chi connectivity index (χ1) is 13.9. The Bertz CT molecular complexity index is 1080. The Morgan fingerprint density at radius 2 is 1.72 bits per heavy atom. The van der Waals surface area contributed by atoms with Crippen molar-refractivity contribution in [2.24, 2.45) is 4.99 Å². The number of phenolic OH excluding ortho intramolecular Hbond substituents is 1. The second kappa shape index (κ2) is 7.40. The topological polar surface area (TPSA) is 102 Å². The van der Waals surface area contributed by atoms with E-state index in [1.807, 2.05) is 17.0 Å². The van der Waals surface area contributed by atoms with Gasteiger partial charge in [-0.25, -0.2) is 8.42 Å². The molecule has 2 heterocycles. The summed E-state index contributed by atoms with van der Waals surface area (Å²) in [5, 5.41) is 10.0. The number of carbonyl (C=O) groups excluding carboxylic acids is 1. The minimum absolute atomic E-state index is 0.155. The van der Waals surface area contributed by atoms with Crippen molar-refractivity contribution in [2.75, 3.05) is 31.1 Å². The lowest BCUT2D eigenvalue weighted by atomic mass is 10.2. The molecule has 2 aromatic carbocycles. The van der Waals surface area contributed by atoms with Gasteiger partial charge in [0.1, 0.15) is 17.6 Å². The zero-order chi connectivity index (χ0) is 20.6. The smallest absolute Gasteiger partial charge is 0.263 e. The van der Waals surface area contributed by atoms with Crippen LogP contribution in [-0.4, -0.2) is 62.4 Å². The summed E-state index contributed by atoms with van der Waals surface area (Å²) in [5.74, 6) is 0.270. The highest BCUT2D eigenvalue weighted by Gasteiger charge is 2.32. The van der Waals surface area contributed by atoms with Crippen LogP contribution in [0.25, 0.3) is 0 Å². The fourth-order valence-corrected chi connectivity index (χ4v) is 4.88. The predicted molar refractivity (Wildman–Crippen MR) is 110 cm³/mol. The summed E-state index contributed by atoms with van der Waals surface area (Å²) in [6.07, 6.45) is 0. The van der Waals surface area contributed by atoms with Gasteiger partial charge in [0.05, 0.1) is 10.6 Å². The van der Waals surface area contributed by atoms with Crippen LogP contribution in [0.5, 0.6) is 5.75 Å². The number of nitrogens with zero attached hydrogens (tertiary/aromatic N) is 3. The average Bonchev–Trinajstić information content (AvgIpc) is 2.98. The van der Waals surface area contributed by atoms with Crippen molar-refractivity contribution in [3.05, 3.63) is 54.1 Å². The molecule has 4 rings (SSSR count). The molecule has 9 heteroatoms. The van der Waals surface area contributed by atoms with Gasteiger partial charge in [0.15, 0.2) is 0 Å². The molecule has 1 atom stereocenters. The van der Waals surface area contributed by atoms with Crippen LogP contribution in [0.1, 0.15) is 12.5 Å². The number of rotatable bonds is 3. The number of fused-ring (bicyclic) bond motifs is 1. The number of phenols is 1. The van der Waals surface area contributed by atoms with Crippen LogP contribution >= 0.6 is 0 Å². The molecule has 2 aromatic rings. The fraction of sp³-hybridized carbons (Fsp3) is 0.300. The van der Waals surface area contributed by atoms with Crippen molar-refractivity contribution < 1.29 is 18.3 Å². The van der Waals surface area contributed by atoms with Crippen LogP contribution in [0.15, 0.2) is 58.4 Å². The van der Waals surface area contributed by atoms with Gasteiger partial charge in [-0.3, -0.25) is 14.5 Å². The number of anilines is 1. The van der Waals surface area contributed by atoms with E-state index in [4.69, 9.17) is 0 Å². The van der Waals surface area contributed by atoms with Crippen LogP contribution in [0.2, 0.25) is 0 Å². The monoisotopic (exact) mass is 414 g/mol. The van der Waals surface area contributed by atoms with E-state index in [9.17, 15) is 18.3 Å². The maximum atomic E-state index is 12.8. The van der Waals surface area contributed by atoms with E-state index < -0.39 is 16.1 Å². The third-order valence-corrected chi connectivity index (χ3v) is 6.55. The lowest BCUT2D eigenvalue weighted by molar-refractivity contribution is -0.132. The maximum Gasteiger partial charge on any atom is 0.263 e. The standard InChI is InChI=1S/C20H22N4O4S/c1-14(21-19-15-6-2-5-9-18(15)29(27,28)22-19)20(26)24-12-10-23(11-13-24)16-7-3-4-8-17(16)25/h2-9,14,25H,10-13H2,1H3,(H,21,22)/t14-/m0/s1. The molecule has 2 aliphatic rings. The third-order valence-electron chi connectivity index (χ3n) is 5.16. The molecule has 0 spiro atoms. The SMILES string of the molecule is C[C@H](N=C1NS(=O)(=O)c2ccccc21)C(=O)N1CCN(c2ccccc2O)CC1. The van der Waals surface area contributed by atoms with E-state index in [-0.39, 0.29) is 22.4 Å². The number of amides is 1. The molecular formula is C20H22N4O4S. The Labute approximate surface area is 169 Å². The van der Waals surface area contributed by atoms with E-state index in [0.717, 1.165) is 5.69 Å². The van der Waals surface area contributed by atoms with Gasteiger partial charge in [0.2, 0.25) is 5.91 Å². The molecule has 29 heavy (non-hydrogen) atoms. The van der Waals surface area contributed by atoms with Gasteiger partial charge in [-0.1, -0.05) is 24.3 Å². The Morgan fingerprint density at radius 1 is 1.07 bits per heavy atom. The molecular weight excluding hydrogens is 392 g/mol. The minimum atomic E-state index is -3.63. The molecule has 1 fully saturated rings. The molecule has 1 saturated heterocycles. The molecule has 0 aromatic heterocycles. The molecule has 2 aliphatic heterocycles. The van der Waals surface area contributed by atoms with Gasteiger partial charge < -0.3 is 14.9 Å². The molecule has 0 radical (unpaired) electrons. The highest BCUT2D eigenvalue weighted by Crippen LogP contribution is 2.27. The summed E-state index contributed by atoms with van der Waals surface area (Å²) in [6, 6.07) is 13.0. The molecule has 2 N–H and O–H groups in total. The lowest BCUT2D eigenvalue weighted by Gasteiger charge is -2.37. The number of nitrogens with one attached hydrogen (secondary N) is 1. The third kappa shape index (κ3) is 3.65. The van der Waals surface area contributed by atoms with Crippen molar-refractivity contribution in [1.29, 1.82) is 0 Å². The predicted octanol–water partition coefficient (Wildman–Crippen LogP) is 1.17. The number of para-hydroxylation sites is 2. The Hall–Kier alpha value is -3.07. The fourth-order valence-electron chi connectivity index (χ4n) is 3.64. The quantitative estimate of drug-likeness (QED) is 0.785. The first-order valence-electron chi connectivity index (χ1n) is 9.38. The summed E-state index contributed by atoms with van der Waals surface area (Å²) in [6.45, 7) is 3.87. The van der Waals surface area contributed by atoms with E-state index in [1.165, 1.54) is 6.07 Å². The Morgan fingerprint density at radius 3 is 2.45 bits per heavy atom. The Kier molecular flexibility index (Phi) is 4.91. The van der Waals surface area contributed by atoms with Crippen molar-refractivity contribution in [1.82, 2.24) is 9.62 Å². The maximum absolute atomic E-state index is 12.8. The highest BCUT2D eigenvalue weighted by atomic mass is 32.2. The van der Waals surface area contributed by atoms with Crippen LogP contribution < -0.4 is 9.62 Å². The molecule has 8 nitrogen and oxygen atoms in total. The number of benzene rings is 2. The summed E-state index contributed by atoms with van der Waals surface area (Å²) < 4.78 is 26.8. The molecule has 0 saturated carbocycles. The first-order valence-corrected chi connectivity index (χ1v) is 10.9. The van der Waals surface area contributed by atoms with Gasteiger partial charge in [-0.15, -0.1) is 0 Å². The zero-order valence-electron chi connectivity index (χ0n) is 15.9. The summed E-state index contributed by atoms with van der Waals surface area (Å²) in [4.78, 5) is 21.1. The van der Waals surface area contributed by atoms with Crippen molar-refractivity contribution >= 4 is 27.5 Å². The van der Waals surface area contributed by atoms with Crippen LogP contribution in [0, 0.1) is 0 Å². The summed E-state index contributed by atoms with van der Waals surface area (Å²) in [5.41, 5.74) is 1.24.